The Morgan fingerprint density at radius 2 is 1.85 bits per heavy atom. The molecule has 0 heterocycles. The van der Waals surface area contributed by atoms with Crippen LogP contribution in [0.1, 0.15) is 29.7 Å². The molecule has 1 atom stereocenters. The van der Waals surface area contributed by atoms with E-state index in [-0.39, 0.29) is 6.04 Å². The average Bonchev–Trinajstić information content (AvgIpc) is 2.48. The predicted octanol–water partition coefficient (Wildman–Crippen LogP) is 4.43. The van der Waals surface area contributed by atoms with Crippen LogP contribution in [0.4, 0.5) is 5.69 Å². The van der Waals surface area contributed by atoms with Gasteiger partial charge in [0.15, 0.2) is 0 Å². The highest BCUT2D eigenvalue weighted by molar-refractivity contribution is 9.10. The summed E-state index contributed by atoms with van der Waals surface area (Å²) in [6.45, 7) is 4.81. The second-order valence-electron chi connectivity index (χ2n) is 5.01. The van der Waals surface area contributed by atoms with Crippen LogP contribution in [0.15, 0.2) is 46.9 Å². The SMILES string of the molecule is CCc1ccc(C(CN)Nc2cc(C)ccc2Br)cc1. The van der Waals surface area contributed by atoms with Gasteiger partial charge >= 0.3 is 0 Å². The number of benzene rings is 2. The molecule has 2 aromatic carbocycles. The highest BCUT2D eigenvalue weighted by Crippen LogP contribution is 2.27. The minimum absolute atomic E-state index is 0.124. The summed E-state index contributed by atoms with van der Waals surface area (Å²) in [6, 6.07) is 15.1. The summed E-state index contributed by atoms with van der Waals surface area (Å²) in [5.74, 6) is 0. The molecule has 3 N–H and O–H groups in total. The van der Waals surface area contributed by atoms with E-state index in [1.165, 1.54) is 16.7 Å². The monoisotopic (exact) mass is 332 g/mol. The van der Waals surface area contributed by atoms with Gasteiger partial charge < -0.3 is 11.1 Å². The number of hydrogen-bond acceptors (Lipinski definition) is 2. The first-order valence-corrected chi connectivity index (χ1v) is 7.75. The predicted molar refractivity (Wildman–Crippen MR) is 90.1 cm³/mol. The summed E-state index contributed by atoms with van der Waals surface area (Å²) in [4.78, 5) is 0. The van der Waals surface area contributed by atoms with E-state index < -0.39 is 0 Å². The van der Waals surface area contributed by atoms with Crippen LogP contribution in [-0.4, -0.2) is 6.54 Å². The van der Waals surface area contributed by atoms with E-state index in [1.807, 2.05) is 0 Å². The van der Waals surface area contributed by atoms with Crippen molar-refractivity contribution in [2.75, 3.05) is 11.9 Å². The van der Waals surface area contributed by atoms with Gasteiger partial charge in [-0.15, -0.1) is 0 Å². The van der Waals surface area contributed by atoms with Gasteiger partial charge in [0.05, 0.1) is 6.04 Å². The van der Waals surface area contributed by atoms with Crippen LogP contribution in [0.2, 0.25) is 0 Å². The average molecular weight is 333 g/mol. The van der Waals surface area contributed by atoms with Crippen molar-refractivity contribution in [2.24, 2.45) is 5.73 Å². The molecule has 0 bridgehead atoms. The van der Waals surface area contributed by atoms with Crippen molar-refractivity contribution >= 4 is 21.6 Å². The Hall–Kier alpha value is -1.32. The first-order valence-electron chi connectivity index (χ1n) is 6.95. The Bertz CT molecular complexity index is 564. The van der Waals surface area contributed by atoms with Gasteiger partial charge in [0.2, 0.25) is 0 Å². The Morgan fingerprint density at radius 3 is 2.45 bits per heavy atom. The number of rotatable bonds is 5. The Balaban J connectivity index is 2.21. The van der Waals surface area contributed by atoms with E-state index in [0.717, 1.165) is 16.6 Å². The first-order chi connectivity index (χ1) is 9.63. The van der Waals surface area contributed by atoms with E-state index in [1.54, 1.807) is 0 Å². The number of aryl methyl sites for hydroxylation is 2. The van der Waals surface area contributed by atoms with Gasteiger partial charge in [-0.25, -0.2) is 0 Å². The zero-order chi connectivity index (χ0) is 14.5. The number of nitrogens with two attached hydrogens (primary N) is 1. The van der Waals surface area contributed by atoms with Crippen molar-refractivity contribution in [3.05, 3.63) is 63.6 Å². The molecule has 3 heteroatoms. The van der Waals surface area contributed by atoms with Crippen LogP contribution in [0.3, 0.4) is 0 Å². The third kappa shape index (κ3) is 3.62. The van der Waals surface area contributed by atoms with Crippen LogP contribution in [0.25, 0.3) is 0 Å². The van der Waals surface area contributed by atoms with Crippen molar-refractivity contribution in [2.45, 2.75) is 26.3 Å². The van der Waals surface area contributed by atoms with Crippen molar-refractivity contribution in [3.8, 4) is 0 Å². The highest BCUT2D eigenvalue weighted by Gasteiger charge is 2.11. The molecule has 1 unspecified atom stereocenters. The van der Waals surface area contributed by atoms with Crippen molar-refractivity contribution in [1.82, 2.24) is 0 Å². The fraction of sp³-hybridized carbons (Fsp3) is 0.294. The molecule has 0 aliphatic heterocycles. The van der Waals surface area contributed by atoms with Crippen LogP contribution in [0.5, 0.6) is 0 Å². The molecule has 106 valence electrons. The van der Waals surface area contributed by atoms with Crippen LogP contribution >= 0.6 is 15.9 Å². The second-order valence-corrected chi connectivity index (χ2v) is 5.87. The maximum absolute atomic E-state index is 5.93. The molecular weight excluding hydrogens is 312 g/mol. The van der Waals surface area contributed by atoms with Gasteiger partial charge in [-0.2, -0.15) is 0 Å². The number of anilines is 1. The molecule has 0 saturated carbocycles. The summed E-state index contributed by atoms with van der Waals surface area (Å²) < 4.78 is 1.06. The standard InChI is InChI=1S/C17H21BrN2/c1-3-13-5-7-14(8-6-13)17(11-19)20-16-10-12(2)4-9-15(16)18/h4-10,17,20H,3,11,19H2,1-2H3. The normalized spacial score (nSPS) is 12.2. The quantitative estimate of drug-likeness (QED) is 0.849. The third-order valence-corrected chi connectivity index (χ3v) is 4.17. The highest BCUT2D eigenvalue weighted by atomic mass is 79.9. The molecule has 2 nitrogen and oxygen atoms in total. The summed E-state index contributed by atoms with van der Waals surface area (Å²) in [5.41, 5.74) is 10.8. The van der Waals surface area contributed by atoms with E-state index >= 15 is 0 Å². The topological polar surface area (TPSA) is 38.0 Å². The van der Waals surface area contributed by atoms with Gasteiger partial charge in [-0.05, 0) is 58.1 Å². The molecule has 0 radical (unpaired) electrons. The summed E-state index contributed by atoms with van der Waals surface area (Å²) in [5, 5.41) is 3.52. The van der Waals surface area contributed by atoms with Crippen molar-refractivity contribution in [3.63, 3.8) is 0 Å². The van der Waals surface area contributed by atoms with E-state index in [0.29, 0.717) is 6.54 Å². The molecule has 20 heavy (non-hydrogen) atoms. The maximum Gasteiger partial charge on any atom is 0.0636 e. The van der Waals surface area contributed by atoms with E-state index in [2.05, 4.69) is 77.6 Å². The van der Waals surface area contributed by atoms with Gasteiger partial charge in [0.25, 0.3) is 0 Å². The lowest BCUT2D eigenvalue weighted by molar-refractivity contribution is 0.788. The largest absolute Gasteiger partial charge is 0.376 e. The fourth-order valence-corrected chi connectivity index (χ4v) is 2.56. The Morgan fingerprint density at radius 1 is 1.15 bits per heavy atom. The molecule has 2 rings (SSSR count). The zero-order valence-electron chi connectivity index (χ0n) is 12.0. The second kappa shape index (κ2) is 6.91. The zero-order valence-corrected chi connectivity index (χ0v) is 13.6. The number of hydrogen-bond donors (Lipinski definition) is 2. The Kier molecular flexibility index (Phi) is 5.21. The first kappa shape index (κ1) is 15.1. The van der Waals surface area contributed by atoms with Gasteiger partial charge in [0.1, 0.15) is 0 Å². The van der Waals surface area contributed by atoms with E-state index in [4.69, 9.17) is 5.73 Å². The maximum atomic E-state index is 5.93. The van der Waals surface area contributed by atoms with Gasteiger partial charge in [-0.1, -0.05) is 37.3 Å². The lowest BCUT2D eigenvalue weighted by atomic mass is 10.0. The lowest BCUT2D eigenvalue weighted by Crippen LogP contribution is -2.20. The smallest absolute Gasteiger partial charge is 0.0636 e. The molecule has 0 amide bonds. The molecule has 2 aromatic rings. The Labute approximate surface area is 129 Å². The summed E-state index contributed by atoms with van der Waals surface area (Å²) in [7, 11) is 0. The molecular formula is C17H21BrN2. The minimum Gasteiger partial charge on any atom is -0.376 e. The van der Waals surface area contributed by atoms with Gasteiger partial charge in [0, 0.05) is 16.7 Å². The van der Waals surface area contributed by atoms with Crippen molar-refractivity contribution in [1.29, 1.82) is 0 Å². The van der Waals surface area contributed by atoms with Gasteiger partial charge in [-0.3, -0.25) is 0 Å². The van der Waals surface area contributed by atoms with E-state index in [9.17, 15) is 0 Å². The lowest BCUT2D eigenvalue weighted by Gasteiger charge is -2.20. The molecule has 0 aliphatic rings. The van der Waals surface area contributed by atoms with Crippen LogP contribution in [0, 0.1) is 6.92 Å². The third-order valence-electron chi connectivity index (χ3n) is 3.48. The van der Waals surface area contributed by atoms with Crippen LogP contribution in [-0.2, 0) is 6.42 Å². The number of nitrogens with one attached hydrogen (secondary N) is 1. The van der Waals surface area contributed by atoms with Crippen LogP contribution < -0.4 is 11.1 Å². The fourth-order valence-electron chi connectivity index (χ4n) is 2.20. The summed E-state index contributed by atoms with van der Waals surface area (Å²) in [6.07, 6.45) is 1.06. The van der Waals surface area contributed by atoms with Crippen molar-refractivity contribution < 1.29 is 0 Å². The molecule has 0 fully saturated rings. The number of halogens is 1. The molecule has 0 aliphatic carbocycles. The molecule has 0 spiro atoms. The summed E-state index contributed by atoms with van der Waals surface area (Å²) >= 11 is 3.58. The minimum atomic E-state index is 0.124. The molecule has 0 aromatic heterocycles. The molecule has 0 saturated heterocycles.